The third kappa shape index (κ3) is 4.17. The lowest BCUT2D eigenvalue weighted by atomic mass is 10.1. The highest BCUT2D eigenvalue weighted by Gasteiger charge is 2.10. The summed E-state index contributed by atoms with van der Waals surface area (Å²) in [6.07, 6.45) is 3.09. The van der Waals surface area contributed by atoms with E-state index < -0.39 is 0 Å². The van der Waals surface area contributed by atoms with Crippen molar-refractivity contribution in [2.24, 2.45) is 5.73 Å². The van der Waals surface area contributed by atoms with Gasteiger partial charge in [-0.15, -0.1) is 6.58 Å². The van der Waals surface area contributed by atoms with Gasteiger partial charge in [-0.2, -0.15) is 0 Å². The average Bonchev–Trinajstić information content (AvgIpc) is 2.31. The Hall–Kier alpha value is -1.12. The molecule has 0 saturated heterocycles. The van der Waals surface area contributed by atoms with Crippen LogP contribution in [0, 0.1) is 0 Å². The molecule has 0 aliphatic carbocycles. The molecule has 0 radical (unpaired) electrons. The molecule has 0 amide bonds. The third-order valence-corrected chi connectivity index (χ3v) is 2.61. The SMILES string of the molecule is C=CCN(CCC)CC(N)c1ccccc1. The van der Waals surface area contributed by atoms with Crippen LogP contribution in [0.4, 0.5) is 0 Å². The minimum absolute atomic E-state index is 0.0905. The molecule has 0 bridgehead atoms. The summed E-state index contributed by atoms with van der Waals surface area (Å²) in [5.41, 5.74) is 7.38. The summed E-state index contributed by atoms with van der Waals surface area (Å²) in [7, 11) is 0. The van der Waals surface area contributed by atoms with Gasteiger partial charge in [-0.1, -0.05) is 43.3 Å². The van der Waals surface area contributed by atoms with E-state index in [2.05, 4.69) is 30.5 Å². The number of nitrogens with two attached hydrogens (primary N) is 1. The number of rotatable bonds is 7. The van der Waals surface area contributed by atoms with Gasteiger partial charge < -0.3 is 5.73 Å². The van der Waals surface area contributed by atoms with E-state index in [0.29, 0.717) is 0 Å². The van der Waals surface area contributed by atoms with Crippen LogP contribution in [0.3, 0.4) is 0 Å². The Bertz CT molecular complexity index is 295. The van der Waals surface area contributed by atoms with Crippen molar-refractivity contribution in [1.82, 2.24) is 4.90 Å². The molecular weight excluding hydrogens is 196 g/mol. The predicted octanol–water partition coefficient (Wildman–Crippen LogP) is 2.58. The van der Waals surface area contributed by atoms with Crippen molar-refractivity contribution in [1.29, 1.82) is 0 Å². The molecule has 0 aliphatic heterocycles. The lowest BCUT2D eigenvalue weighted by Crippen LogP contribution is -2.33. The normalized spacial score (nSPS) is 12.7. The maximum Gasteiger partial charge on any atom is 0.0424 e. The van der Waals surface area contributed by atoms with E-state index >= 15 is 0 Å². The van der Waals surface area contributed by atoms with E-state index in [1.165, 1.54) is 5.56 Å². The van der Waals surface area contributed by atoms with Crippen LogP contribution in [0.25, 0.3) is 0 Å². The lowest BCUT2D eigenvalue weighted by molar-refractivity contribution is 0.284. The van der Waals surface area contributed by atoms with Crippen molar-refractivity contribution < 1.29 is 0 Å². The summed E-state index contributed by atoms with van der Waals surface area (Å²) in [5.74, 6) is 0. The summed E-state index contributed by atoms with van der Waals surface area (Å²) in [4.78, 5) is 2.34. The molecule has 1 aromatic rings. The van der Waals surface area contributed by atoms with E-state index in [1.807, 2.05) is 24.3 Å². The van der Waals surface area contributed by atoms with Crippen LogP contribution >= 0.6 is 0 Å². The van der Waals surface area contributed by atoms with Crippen LogP contribution in [0.1, 0.15) is 24.9 Å². The number of hydrogen-bond acceptors (Lipinski definition) is 2. The van der Waals surface area contributed by atoms with Crippen molar-refractivity contribution in [3.63, 3.8) is 0 Å². The largest absolute Gasteiger partial charge is 0.323 e. The quantitative estimate of drug-likeness (QED) is 0.713. The smallest absolute Gasteiger partial charge is 0.0424 e. The summed E-state index contributed by atoms with van der Waals surface area (Å²) in [6, 6.07) is 10.3. The molecule has 1 aromatic carbocycles. The van der Waals surface area contributed by atoms with E-state index in [-0.39, 0.29) is 6.04 Å². The Balaban J connectivity index is 2.54. The number of benzene rings is 1. The average molecular weight is 218 g/mol. The van der Waals surface area contributed by atoms with Crippen molar-refractivity contribution in [3.8, 4) is 0 Å². The van der Waals surface area contributed by atoms with Crippen molar-refractivity contribution in [3.05, 3.63) is 48.6 Å². The Kier molecular flexibility index (Phi) is 5.83. The standard InChI is InChI=1S/C14H22N2/c1-3-10-16(11-4-2)12-14(15)13-8-6-5-7-9-13/h3,5-9,14H,1,4,10-12,15H2,2H3. The first-order valence-electron chi connectivity index (χ1n) is 5.91. The van der Waals surface area contributed by atoms with Gasteiger partial charge in [0, 0.05) is 19.1 Å². The zero-order valence-electron chi connectivity index (χ0n) is 10.1. The van der Waals surface area contributed by atoms with E-state index in [1.54, 1.807) is 0 Å². The fourth-order valence-electron chi connectivity index (χ4n) is 1.84. The van der Waals surface area contributed by atoms with Gasteiger partial charge in [0.15, 0.2) is 0 Å². The van der Waals surface area contributed by atoms with Crippen LogP contribution in [-0.4, -0.2) is 24.5 Å². The molecule has 16 heavy (non-hydrogen) atoms. The van der Waals surface area contributed by atoms with Gasteiger partial charge in [-0.25, -0.2) is 0 Å². The fraction of sp³-hybridized carbons (Fsp3) is 0.429. The second-order valence-electron chi connectivity index (χ2n) is 4.07. The van der Waals surface area contributed by atoms with Crippen molar-refractivity contribution in [2.75, 3.05) is 19.6 Å². The first-order valence-corrected chi connectivity index (χ1v) is 5.91. The van der Waals surface area contributed by atoms with Gasteiger partial charge in [0.05, 0.1) is 0 Å². The summed E-state index contributed by atoms with van der Waals surface area (Å²) < 4.78 is 0. The molecule has 1 unspecified atom stereocenters. The Morgan fingerprint density at radius 2 is 2.06 bits per heavy atom. The molecule has 2 N–H and O–H groups in total. The monoisotopic (exact) mass is 218 g/mol. The van der Waals surface area contributed by atoms with Crippen LogP contribution < -0.4 is 5.73 Å². The topological polar surface area (TPSA) is 29.3 Å². The second-order valence-corrected chi connectivity index (χ2v) is 4.07. The molecule has 88 valence electrons. The van der Waals surface area contributed by atoms with Crippen molar-refractivity contribution >= 4 is 0 Å². The molecule has 0 heterocycles. The van der Waals surface area contributed by atoms with Crippen LogP contribution in [0.5, 0.6) is 0 Å². The van der Waals surface area contributed by atoms with Gasteiger partial charge in [0.1, 0.15) is 0 Å². The number of hydrogen-bond donors (Lipinski definition) is 1. The summed E-state index contributed by atoms with van der Waals surface area (Å²) >= 11 is 0. The zero-order chi connectivity index (χ0) is 11.8. The zero-order valence-corrected chi connectivity index (χ0v) is 10.1. The predicted molar refractivity (Wildman–Crippen MR) is 70.3 cm³/mol. The highest BCUT2D eigenvalue weighted by Crippen LogP contribution is 2.11. The molecule has 2 heteroatoms. The molecule has 0 aliphatic rings. The fourth-order valence-corrected chi connectivity index (χ4v) is 1.84. The second kappa shape index (κ2) is 7.20. The molecule has 0 spiro atoms. The molecule has 1 rings (SSSR count). The summed E-state index contributed by atoms with van der Waals surface area (Å²) in [6.45, 7) is 8.84. The molecule has 1 atom stereocenters. The molecule has 2 nitrogen and oxygen atoms in total. The minimum atomic E-state index is 0.0905. The summed E-state index contributed by atoms with van der Waals surface area (Å²) in [5, 5.41) is 0. The van der Waals surface area contributed by atoms with Crippen molar-refractivity contribution in [2.45, 2.75) is 19.4 Å². The van der Waals surface area contributed by atoms with Crippen LogP contribution in [-0.2, 0) is 0 Å². The van der Waals surface area contributed by atoms with Gasteiger partial charge in [0.2, 0.25) is 0 Å². The van der Waals surface area contributed by atoms with E-state index in [0.717, 1.165) is 26.1 Å². The minimum Gasteiger partial charge on any atom is -0.323 e. The first kappa shape index (κ1) is 12.9. The molecular formula is C14H22N2. The third-order valence-electron chi connectivity index (χ3n) is 2.61. The molecule has 0 fully saturated rings. The highest BCUT2D eigenvalue weighted by atomic mass is 15.1. The first-order chi connectivity index (χ1) is 7.77. The van der Waals surface area contributed by atoms with Gasteiger partial charge in [-0.3, -0.25) is 4.90 Å². The van der Waals surface area contributed by atoms with E-state index in [4.69, 9.17) is 5.73 Å². The molecule has 0 saturated carbocycles. The van der Waals surface area contributed by atoms with Crippen LogP contribution in [0.15, 0.2) is 43.0 Å². The molecule has 0 aromatic heterocycles. The number of nitrogens with zero attached hydrogens (tertiary/aromatic N) is 1. The lowest BCUT2D eigenvalue weighted by Gasteiger charge is -2.24. The van der Waals surface area contributed by atoms with Gasteiger partial charge in [-0.05, 0) is 18.5 Å². The van der Waals surface area contributed by atoms with Gasteiger partial charge in [0.25, 0.3) is 0 Å². The van der Waals surface area contributed by atoms with Gasteiger partial charge >= 0.3 is 0 Å². The van der Waals surface area contributed by atoms with E-state index in [9.17, 15) is 0 Å². The Labute approximate surface area is 98.8 Å². The Morgan fingerprint density at radius 1 is 1.38 bits per heavy atom. The maximum absolute atomic E-state index is 6.18. The maximum atomic E-state index is 6.18. The Morgan fingerprint density at radius 3 is 2.62 bits per heavy atom. The highest BCUT2D eigenvalue weighted by molar-refractivity contribution is 5.18. The van der Waals surface area contributed by atoms with Crippen LogP contribution in [0.2, 0.25) is 0 Å².